The van der Waals surface area contributed by atoms with Gasteiger partial charge in [-0.25, -0.2) is 5.11 Å². The van der Waals surface area contributed by atoms with Crippen LogP contribution < -0.4 is 0 Å². The van der Waals surface area contributed by atoms with Crippen molar-refractivity contribution in [3.63, 3.8) is 0 Å². The van der Waals surface area contributed by atoms with Crippen LogP contribution in [0.3, 0.4) is 0 Å². The van der Waals surface area contributed by atoms with Crippen LogP contribution >= 0.6 is 0 Å². The third-order valence-electron chi connectivity index (χ3n) is 1.02. The van der Waals surface area contributed by atoms with Crippen molar-refractivity contribution in [2.75, 3.05) is 6.61 Å². The molecule has 0 aromatic heterocycles. The van der Waals surface area contributed by atoms with E-state index in [2.05, 4.69) is 0 Å². The fourth-order valence-corrected chi connectivity index (χ4v) is 0.589. The quantitative estimate of drug-likeness (QED) is 0.540. The van der Waals surface area contributed by atoms with Crippen LogP contribution in [-0.2, 0) is 21.9 Å². The monoisotopic (exact) mass is 154 g/mol. The molecule has 0 aliphatic heterocycles. The average Bonchev–Trinajstić information content (AvgIpc) is 2.14. The van der Waals surface area contributed by atoms with Crippen LogP contribution in [0.2, 0.25) is 0 Å². The van der Waals surface area contributed by atoms with E-state index in [0.717, 1.165) is 0 Å². The van der Waals surface area contributed by atoms with Gasteiger partial charge in [-0.2, -0.15) is 0 Å². The maximum Gasteiger partial charge on any atom is 0.0919 e. The number of hydrogen-bond acceptors (Lipinski definition) is 0. The molecule has 0 aromatic rings. The molecule has 0 N–H and O–H groups in total. The molecule has 0 spiro atoms. The van der Waals surface area contributed by atoms with Crippen LogP contribution in [0, 0.1) is 5.92 Å². The largest absolute Gasteiger partial charge is 0.236 e. The summed E-state index contributed by atoms with van der Waals surface area (Å²) < 4.78 is 0. The van der Waals surface area contributed by atoms with E-state index < -0.39 is 0 Å². The summed E-state index contributed by atoms with van der Waals surface area (Å²) in [6.07, 6.45) is 7.63. The molecule has 0 heterocycles. The summed E-state index contributed by atoms with van der Waals surface area (Å²) in [7, 11) is 0. The summed E-state index contributed by atoms with van der Waals surface area (Å²) in [4.78, 5) is 0. The summed E-state index contributed by atoms with van der Waals surface area (Å²) in [5, 5.41) is 10.0. The minimum Gasteiger partial charge on any atom is -0.236 e. The molecular formula is C6H7CoO. The number of hydrogen-bond donors (Lipinski definition) is 0. The Hall–Kier alpha value is -0.0535. The molecule has 1 aliphatic rings. The zero-order valence-corrected chi connectivity index (χ0v) is 5.38. The van der Waals surface area contributed by atoms with Gasteiger partial charge in [0.25, 0.3) is 0 Å². The van der Waals surface area contributed by atoms with Crippen LogP contribution in [0.15, 0.2) is 24.3 Å². The summed E-state index contributed by atoms with van der Waals surface area (Å²) in [5.41, 5.74) is 0. The van der Waals surface area contributed by atoms with Gasteiger partial charge in [-0.3, -0.25) is 0 Å². The van der Waals surface area contributed by atoms with Crippen molar-refractivity contribution in [2.45, 2.75) is 0 Å². The van der Waals surface area contributed by atoms with E-state index in [4.69, 9.17) is 0 Å². The van der Waals surface area contributed by atoms with Gasteiger partial charge in [-0.1, -0.05) is 24.3 Å². The fourth-order valence-electron chi connectivity index (χ4n) is 0.589. The van der Waals surface area contributed by atoms with E-state index in [-0.39, 0.29) is 29.3 Å². The molecule has 1 rings (SSSR count). The van der Waals surface area contributed by atoms with Crippen LogP contribution in [0.4, 0.5) is 0 Å². The van der Waals surface area contributed by atoms with Gasteiger partial charge in [0, 0.05) is 22.7 Å². The second-order valence-corrected chi connectivity index (χ2v) is 1.60. The first-order valence-electron chi connectivity index (χ1n) is 2.36. The SMILES string of the molecule is [Co].[O]CC1C=CC=C1. The van der Waals surface area contributed by atoms with Gasteiger partial charge >= 0.3 is 0 Å². The Labute approximate surface area is 59.3 Å². The summed E-state index contributed by atoms with van der Waals surface area (Å²) in [6.45, 7) is -0.00694. The van der Waals surface area contributed by atoms with Gasteiger partial charge in [0.1, 0.15) is 0 Å². The van der Waals surface area contributed by atoms with Crippen molar-refractivity contribution in [3.05, 3.63) is 24.3 Å². The van der Waals surface area contributed by atoms with Gasteiger partial charge in [0.05, 0.1) is 6.61 Å². The van der Waals surface area contributed by atoms with Crippen LogP contribution in [0.1, 0.15) is 0 Å². The summed E-state index contributed by atoms with van der Waals surface area (Å²) in [5.74, 6) is 0.181. The van der Waals surface area contributed by atoms with Crippen molar-refractivity contribution < 1.29 is 21.9 Å². The average molecular weight is 154 g/mol. The minimum atomic E-state index is -0.00694. The third kappa shape index (κ3) is 1.82. The van der Waals surface area contributed by atoms with E-state index in [1.54, 1.807) is 0 Å². The molecule has 0 bridgehead atoms. The van der Waals surface area contributed by atoms with E-state index in [0.29, 0.717) is 0 Å². The molecule has 2 heteroatoms. The molecule has 0 saturated heterocycles. The Morgan fingerprint density at radius 1 is 1.25 bits per heavy atom. The van der Waals surface area contributed by atoms with Crippen molar-refractivity contribution in [1.29, 1.82) is 0 Å². The van der Waals surface area contributed by atoms with Crippen LogP contribution in [0.5, 0.6) is 0 Å². The summed E-state index contributed by atoms with van der Waals surface area (Å²) in [6, 6.07) is 0. The molecule has 0 atom stereocenters. The van der Waals surface area contributed by atoms with E-state index in [1.807, 2.05) is 24.3 Å². The Balaban J connectivity index is 0.000000490. The molecule has 0 unspecified atom stereocenters. The molecule has 1 nitrogen and oxygen atoms in total. The molecule has 0 amide bonds. The molecular weight excluding hydrogens is 147 g/mol. The van der Waals surface area contributed by atoms with Gasteiger partial charge in [-0.15, -0.1) is 0 Å². The van der Waals surface area contributed by atoms with Crippen molar-refractivity contribution in [1.82, 2.24) is 0 Å². The van der Waals surface area contributed by atoms with Gasteiger partial charge in [0.2, 0.25) is 0 Å². The number of rotatable bonds is 1. The standard InChI is InChI=1S/C6H7O.Co/c7-5-6-3-1-2-4-6;/h1-4,6H,5H2;. The minimum absolute atomic E-state index is 0. The van der Waals surface area contributed by atoms with Crippen LogP contribution in [0.25, 0.3) is 0 Å². The topological polar surface area (TPSA) is 19.9 Å². The van der Waals surface area contributed by atoms with E-state index in [1.165, 1.54) is 0 Å². The van der Waals surface area contributed by atoms with E-state index in [9.17, 15) is 5.11 Å². The predicted molar refractivity (Wildman–Crippen MR) is 27.3 cm³/mol. The maximum absolute atomic E-state index is 10.0. The molecule has 0 fully saturated rings. The zero-order chi connectivity index (χ0) is 5.11. The van der Waals surface area contributed by atoms with Crippen molar-refractivity contribution >= 4 is 0 Å². The molecule has 46 valence electrons. The Morgan fingerprint density at radius 2 is 1.75 bits per heavy atom. The maximum atomic E-state index is 10.0. The first-order chi connectivity index (χ1) is 3.43. The van der Waals surface area contributed by atoms with Crippen LogP contribution in [-0.4, -0.2) is 6.61 Å². The van der Waals surface area contributed by atoms with Crippen molar-refractivity contribution in [2.24, 2.45) is 5.92 Å². The molecule has 8 heavy (non-hydrogen) atoms. The normalized spacial score (nSPS) is 16.6. The first-order valence-corrected chi connectivity index (χ1v) is 2.36. The first kappa shape index (κ1) is 7.95. The van der Waals surface area contributed by atoms with Gasteiger partial charge < -0.3 is 0 Å². The van der Waals surface area contributed by atoms with E-state index >= 15 is 0 Å². The molecule has 1 aliphatic carbocycles. The Kier molecular flexibility index (Phi) is 3.86. The predicted octanol–water partition coefficient (Wildman–Crippen LogP) is 1.16. The smallest absolute Gasteiger partial charge is 0.0919 e. The molecule has 0 saturated carbocycles. The second kappa shape index (κ2) is 3.89. The Morgan fingerprint density at radius 3 is 2.00 bits per heavy atom. The zero-order valence-electron chi connectivity index (χ0n) is 4.34. The second-order valence-electron chi connectivity index (χ2n) is 1.60. The van der Waals surface area contributed by atoms with Crippen molar-refractivity contribution in [3.8, 4) is 0 Å². The Bertz CT molecular complexity index is 95.1. The summed E-state index contributed by atoms with van der Waals surface area (Å²) >= 11 is 0. The fraction of sp³-hybridized carbons (Fsp3) is 0.333. The molecule has 0 aromatic carbocycles. The third-order valence-corrected chi connectivity index (χ3v) is 1.02. The molecule has 2 radical (unpaired) electrons. The van der Waals surface area contributed by atoms with Gasteiger partial charge in [0.15, 0.2) is 0 Å². The number of allylic oxidation sites excluding steroid dienone is 2. The van der Waals surface area contributed by atoms with Gasteiger partial charge in [-0.05, 0) is 0 Å².